The molecule has 0 amide bonds. The number of aromatic carboxylic acids is 1. The average molecular weight is 373 g/mol. The molecule has 0 unspecified atom stereocenters. The van der Waals surface area contributed by atoms with E-state index in [1.54, 1.807) is 19.1 Å². The Morgan fingerprint density at radius 1 is 1.08 bits per heavy atom. The van der Waals surface area contributed by atoms with E-state index in [1.807, 2.05) is 29.6 Å². The van der Waals surface area contributed by atoms with Gasteiger partial charge >= 0.3 is 5.97 Å². The number of sulfonamides is 1. The number of anilines is 1. The first-order chi connectivity index (χ1) is 11.9. The maximum absolute atomic E-state index is 12.7. The highest BCUT2D eigenvalue weighted by molar-refractivity contribution is 7.92. The molecular formula is C18H15NO4S2. The highest BCUT2D eigenvalue weighted by Crippen LogP contribution is 2.32. The smallest absolute Gasteiger partial charge is 0.335 e. The fraction of sp³-hybridized carbons (Fsp3) is 0.0556. The molecule has 0 spiro atoms. The van der Waals surface area contributed by atoms with Gasteiger partial charge in [0.05, 0.1) is 16.1 Å². The number of carbonyl (C=O) groups is 1. The molecule has 128 valence electrons. The zero-order valence-electron chi connectivity index (χ0n) is 13.3. The van der Waals surface area contributed by atoms with Crippen LogP contribution in [0.25, 0.3) is 10.4 Å². The summed E-state index contributed by atoms with van der Waals surface area (Å²) in [7, 11) is -3.91. The lowest BCUT2D eigenvalue weighted by Gasteiger charge is -2.12. The van der Waals surface area contributed by atoms with Crippen LogP contribution in [0.2, 0.25) is 0 Å². The van der Waals surface area contributed by atoms with Crippen molar-refractivity contribution in [2.45, 2.75) is 11.8 Å². The molecule has 0 atom stereocenters. The highest BCUT2D eigenvalue weighted by atomic mass is 32.2. The highest BCUT2D eigenvalue weighted by Gasteiger charge is 2.19. The molecule has 0 bridgehead atoms. The largest absolute Gasteiger partial charge is 0.478 e. The second-order valence-electron chi connectivity index (χ2n) is 5.41. The van der Waals surface area contributed by atoms with Crippen LogP contribution in [-0.4, -0.2) is 19.5 Å². The minimum atomic E-state index is -3.91. The number of hydrogen-bond acceptors (Lipinski definition) is 4. The lowest BCUT2D eigenvalue weighted by molar-refractivity contribution is 0.0696. The number of aryl methyl sites for hydroxylation is 1. The van der Waals surface area contributed by atoms with E-state index < -0.39 is 16.0 Å². The van der Waals surface area contributed by atoms with E-state index in [-0.39, 0.29) is 10.5 Å². The lowest BCUT2D eigenvalue weighted by Crippen LogP contribution is -2.14. The third-order valence-corrected chi connectivity index (χ3v) is 5.97. The monoisotopic (exact) mass is 373 g/mol. The maximum atomic E-state index is 12.7. The van der Waals surface area contributed by atoms with Crippen molar-refractivity contribution in [1.29, 1.82) is 0 Å². The standard InChI is InChI=1S/C18H15NO4S2/c1-12-8-9-13(11-15(12)18(20)21)25(22,23)19-16-6-3-2-5-14(16)17-7-4-10-24-17/h2-11,19H,1H3,(H,20,21). The minimum absolute atomic E-state index is 0.0329. The second-order valence-corrected chi connectivity index (χ2v) is 8.04. The summed E-state index contributed by atoms with van der Waals surface area (Å²) in [5, 5.41) is 11.1. The number of carboxylic acids is 1. The normalized spacial score (nSPS) is 11.2. The molecule has 3 aromatic rings. The van der Waals surface area contributed by atoms with Gasteiger partial charge in [0.1, 0.15) is 0 Å². The fourth-order valence-corrected chi connectivity index (χ4v) is 4.29. The molecule has 0 aliphatic heterocycles. The van der Waals surface area contributed by atoms with Crippen LogP contribution >= 0.6 is 11.3 Å². The summed E-state index contributed by atoms with van der Waals surface area (Å²) >= 11 is 1.51. The maximum Gasteiger partial charge on any atom is 0.335 e. The van der Waals surface area contributed by atoms with Crippen LogP contribution in [-0.2, 0) is 10.0 Å². The number of rotatable bonds is 5. The van der Waals surface area contributed by atoms with Crippen LogP contribution in [0.4, 0.5) is 5.69 Å². The SMILES string of the molecule is Cc1ccc(S(=O)(=O)Nc2ccccc2-c2cccs2)cc1C(=O)O. The van der Waals surface area contributed by atoms with Gasteiger partial charge in [0, 0.05) is 10.4 Å². The summed E-state index contributed by atoms with van der Waals surface area (Å²) in [5.74, 6) is -1.16. The summed E-state index contributed by atoms with van der Waals surface area (Å²) in [6, 6.07) is 15.0. The van der Waals surface area contributed by atoms with E-state index in [1.165, 1.54) is 29.5 Å². The summed E-state index contributed by atoms with van der Waals surface area (Å²) < 4.78 is 28.0. The predicted molar refractivity (Wildman–Crippen MR) is 98.7 cm³/mol. The first-order valence-electron chi connectivity index (χ1n) is 7.38. The third-order valence-electron chi connectivity index (χ3n) is 3.71. The van der Waals surface area contributed by atoms with Gasteiger partial charge in [-0.05, 0) is 42.1 Å². The van der Waals surface area contributed by atoms with Crippen LogP contribution in [0.15, 0.2) is 64.9 Å². The summed E-state index contributed by atoms with van der Waals surface area (Å²) in [4.78, 5) is 12.1. The van der Waals surface area contributed by atoms with Gasteiger partial charge in [-0.15, -0.1) is 11.3 Å². The molecule has 1 heterocycles. The molecule has 0 aliphatic carbocycles. The molecule has 1 aromatic heterocycles. The zero-order valence-corrected chi connectivity index (χ0v) is 14.9. The van der Waals surface area contributed by atoms with Gasteiger partial charge in [0.2, 0.25) is 0 Å². The molecule has 2 aromatic carbocycles. The van der Waals surface area contributed by atoms with Crippen molar-refractivity contribution in [1.82, 2.24) is 0 Å². The average Bonchev–Trinajstić information content (AvgIpc) is 3.09. The van der Waals surface area contributed by atoms with E-state index in [9.17, 15) is 18.3 Å². The molecule has 0 fully saturated rings. The molecule has 2 N–H and O–H groups in total. The molecular weight excluding hydrogens is 358 g/mol. The molecule has 0 saturated heterocycles. The van der Waals surface area contributed by atoms with Gasteiger partial charge in [-0.1, -0.05) is 30.3 Å². The Labute approximate surface area is 149 Å². The molecule has 0 aliphatic rings. The van der Waals surface area contributed by atoms with Gasteiger partial charge in [0.15, 0.2) is 0 Å². The van der Waals surface area contributed by atoms with Gasteiger partial charge in [-0.25, -0.2) is 13.2 Å². The topological polar surface area (TPSA) is 83.5 Å². The number of para-hydroxylation sites is 1. The van der Waals surface area contributed by atoms with E-state index in [0.29, 0.717) is 11.3 Å². The van der Waals surface area contributed by atoms with E-state index in [0.717, 1.165) is 10.4 Å². The summed E-state index contributed by atoms with van der Waals surface area (Å²) in [6.07, 6.45) is 0. The number of benzene rings is 2. The van der Waals surface area contributed by atoms with Crippen molar-refractivity contribution in [3.05, 3.63) is 71.1 Å². The molecule has 0 radical (unpaired) electrons. The fourth-order valence-electron chi connectivity index (χ4n) is 2.42. The minimum Gasteiger partial charge on any atom is -0.478 e. The second kappa shape index (κ2) is 6.70. The molecule has 5 nitrogen and oxygen atoms in total. The van der Waals surface area contributed by atoms with Crippen LogP contribution < -0.4 is 4.72 Å². The van der Waals surface area contributed by atoms with Crippen molar-refractivity contribution in [3.8, 4) is 10.4 Å². The van der Waals surface area contributed by atoms with Crippen LogP contribution in [0.3, 0.4) is 0 Å². The number of hydrogen-bond donors (Lipinski definition) is 2. The number of nitrogens with one attached hydrogen (secondary N) is 1. The Hall–Kier alpha value is -2.64. The Kier molecular flexibility index (Phi) is 4.61. The molecule has 25 heavy (non-hydrogen) atoms. The zero-order chi connectivity index (χ0) is 18.0. The Balaban J connectivity index is 2.01. The van der Waals surface area contributed by atoms with Crippen LogP contribution in [0, 0.1) is 6.92 Å². The summed E-state index contributed by atoms with van der Waals surface area (Å²) in [6.45, 7) is 1.62. The predicted octanol–water partition coefficient (Wildman–Crippen LogP) is 4.22. The Morgan fingerprint density at radius 3 is 2.52 bits per heavy atom. The van der Waals surface area contributed by atoms with Crippen LogP contribution in [0.1, 0.15) is 15.9 Å². The van der Waals surface area contributed by atoms with Gasteiger partial charge in [-0.3, -0.25) is 4.72 Å². The lowest BCUT2D eigenvalue weighted by atomic mass is 10.1. The van der Waals surface area contributed by atoms with Crippen molar-refractivity contribution in [2.24, 2.45) is 0 Å². The third kappa shape index (κ3) is 3.57. The van der Waals surface area contributed by atoms with Gasteiger partial charge in [-0.2, -0.15) is 0 Å². The first-order valence-corrected chi connectivity index (χ1v) is 9.74. The van der Waals surface area contributed by atoms with Crippen molar-refractivity contribution < 1.29 is 18.3 Å². The molecule has 0 saturated carbocycles. The number of thiophene rings is 1. The summed E-state index contributed by atoms with van der Waals surface area (Å²) in [5.41, 5.74) is 1.69. The quantitative estimate of drug-likeness (QED) is 0.701. The van der Waals surface area contributed by atoms with Crippen molar-refractivity contribution >= 4 is 33.0 Å². The van der Waals surface area contributed by atoms with Gasteiger partial charge in [0.25, 0.3) is 10.0 Å². The van der Waals surface area contributed by atoms with E-state index >= 15 is 0 Å². The van der Waals surface area contributed by atoms with Crippen LogP contribution in [0.5, 0.6) is 0 Å². The Morgan fingerprint density at radius 2 is 1.84 bits per heavy atom. The van der Waals surface area contributed by atoms with Crippen molar-refractivity contribution in [3.63, 3.8) is 0 Å². The molecule has 7 heteroatoms. The van der Waals surface area contributed by atoms with Crippen molar-refractivity contribution in [2.75, 3.05) is 4.72 Å². The van der Waals surface area contributed by atoms with E-state index in [4.69, 9.17) is 0 Å². The van der Waals surface area contributed by atoms with E-state index in [2.05, 4.69) is 4.72 Å². The van der Waals surface area contributed by atoms with Gasteiger partial charge < -0.3 is 5.11 Å². The Bertz CT molecular complexity index is 1020. The first kappa shape index (κ1) is 17.2. The number of carboxylic acid groups (broad SMARTS) is 1. The molecule has 3 rings (SSSR count).